The zero-order valence-corrected chi connectivity index (χ0v) is 16.4. The largest absolute Gasteiger partial charge is 0.497 e. The maximum absolute atomic E-state index is 12.6. The molecule has 1 amide bonds. The second-order valence-electron chi connectivity index (χ2n) is 5.65. The third-order valence-corrected chi connectivity index (χ3v) is 6.12. The third kappa shape index (κ3) is 4.53. The Bertz CT molecular complexity index is 817. The van der Waals surface area contributed by atoms with Crippen LogP contribution in [0.3, 0.4) is 0 Å². The van der Waals surface area contributed by atoms with Gasteiger partial charge in [0.2, 0.25) is 5.91 Å². The van der Waals surface area contributed by atoms with E-state index >= 15 is 0 Å². The van der Waals surface area contributed by atoms with Crippen molar-refractivity contribution < 1.29 is 14.3 Å². The van der Waals surface area contributed by atoms with Crippen LogP contribution < -0.4 is 14.8 Å². The molecular weight excluding hydrogens is 368 g/mol. The lowest BCUT2D eigenvalue weighted by atomic mass is 10.2. The van der Waals surface area contributed by atoms with E-state index in [0.29, 0.717) is 17.2 Å². The van der Waals surface area contributed by atoms with Crippen molar-refractivity contribution in [2.45, 2.75) is 17.9 Å². The van der Waals surface area contributed by atoms with Crippen molar-refractivity contribution in [3.05, 3.63) is 48.0 Å². The standard InChI is InChI=1S/C19H20N2O3S2/c1-12(26-19-21-17-7-5-4-6-13(17)11-25-19)18(22)20-14-8-15(23-2)10-16(9-14)24-3/h4-10,12H,11H2,1-3H3,(H,20,22)/t12-/m1/s1. The van der Waals surface area contributed by atoms with Crippen molar-refractivity contribution in [2.75, 3.05) is 19.5 Å². The van der Waals surface area contributed by atoms with Crippen LogP contribution in [0.4, 0.5) is 11.4 Å². The number of nitrogens with zero attached hydrogens (tertiary/aromatic N) is 1. The van der Waals surface area contributed by atoms with E-state index in [0.717, 1.165) is 15.8 Å². The Morgan fingerprint density at radius 1 is 1.19 bits per heavy atom. The van der Waals surface area contributed by atoms with Gasteiger partial charge in [0.05, 0.1) is 25.2 Å². The van der Waals surface area contributed by atoms with E-state index in [4.69, 9.17) is 9.47 Å². The van der Waals surface area contributed by atoms with Gasteiger partial charge in [0.25, 0.3) is 0 Å². The molecule has 2 aromatic rings. The molecule has 0 radical (unpaired) electrons. The summed E-state index contributed by atoms with van der Waals surface area (Å²) in [6.07, 6.45) is 0. The van der Waals surface area contributed by atoms with E-state index in [1.807, 2.05) is 25.1 Å². The molecule has 0 aliphatic carbocycles. The number of hydrogen-bond donors (Lipinski definition) is 1. The average molecular weight is 389 g/mol. The van der Waals surface area contributed by atoms with Crippen molar-refractivity contribution in [2.24, 2.45) is 4.99 Å². The zero-order valence-electron chi connectivity index (χ0n) is 14.8. The molecule has 0 saturated carbocycles. The Morgan fingerprint density at radius 3 is 2.58 bits per heavy atom. The van der Waals surface area contributed by atoms with Crippen LogP contribution in [0.1, 0.15) is 12.5 Å². The fourth-order valence-corrected chi connectivity index (χ4v) is 4.59. The number of ether oxygens (including phenoxy) is 2. The summed E-state index contributed by atoms with van der Waals surface area (Å²) in [6, 6.07) is 13.4. The molecule has 0 bridgehead atoms. The lowest BCUT2D eigenvalue weighted by molar-refractivity contribution is -0.115. The van der Waals surface area contributed by atoms with Gasteiger partial charge in [-0.1, -0.05) is 41.7 Å². The Kier molecular flexibility index (Phi) is 6.11. The average Bonchev–Trinajstić information content (AvgIpc) is 2.67. The second-order valence-corrected chi connectivity index (χ2v) is 8.20. The minimum Gasteiger partial charge on any atom is -0.497 e. The summed E-state index contributed by atoms with van der Waals surface area (Å²) in [5.74, 6) is 2.05. The van der Waals surface area contributed by atoms with Crippen LogP contribution in [0.2, 0.25) is 0 Å². The Balaban J connectivity index is 1.66. The smallest absolute Gasteiger partial charge is 0.237 e. The summed E-state index contributed by atoms with van der Waals surface area (Å²) in [4.78, 5) is 17.2. The summed E-state index contributed by atoms with van der Waals surface area (Å²) in [5, 5.41) is 2.64. The molecule has 7 heteroatoms. The number of benzene rings is 2. The van der Waals surface area contributed by atoms with Gasteiger partial charge in [0, 0.05) is 29.6 Å². The van der Waals surface area contributed by atoms with Gasteiger partial charge in [-0.25, -0.2) is 4.99 Å². The SMILES string of the molecule is COc1cc(NC(=O)[C@@H](C)SC2=Nc3ccccc3CS2)cc(OC)c1. The Labute approximate surface area is 161 Å². The van der Waals surface area contributed by atoms with Gasteiger partial charge < -0.3 is 14.8 Å². The van der Waals surface area contributed by atoms with Crippen LogP contribution >= 0.6 is 23.5 Å². The number of aliphatic imine (C=N–C) groups is 1. The van der Waals surface area contributed by atoms with E-state index in [9.17, 15) is 4.79 Å². The molecule has 0 aromatic heterocycles. The van der Waals surface area contributed by atoms with E-state index in [-0.39, 0.29) is 11.2 Å². The topological polar surface area (TPSA) is 59.9 Å². The summed E-state index contributed by atoms with van der Waals surface area (Å²) in [7, 11) is 3.16. The molecule has 136 valence electrons. The molecule has 1 aliphatic heterocycles. The first-order valence-corrected chi connectivity index (χ1v) is 9.95. The van der Waals surface area contributed by atoms with Gasteiger partial charge >= 0.3 is 0 Å². The van der Waals surface area contributed by atoms with Gasteiger partial charge in [-0.05, 0) is 18.6 Å². The Morgan fingerprint density at radius 2 is 1.88 bits per heavy atom. The highest BCUT2D eigenvalue weighted by molar-refractivity contribution is 8.39. The van der Waals surface area contributed by atoms with Crippen LogP contribution in [-0.4, -0.2) is 29.8 Å². The molecule has 1 N–H and O–H groups in total. The predicted octanol–water partition coefficient (Wildman–Crippen LogP) is 4.70. The van der Waals surface area contributed by atoms with E-state index < -0.39 is 0 Å². The number of anilines is 1. The molecule has 3 rings (SSSR count). The van der Waals surface area contributed by atoms with Crippen LogP contribution in [0.25, 0.3) is 0 Å². The number of rotatable bonds is 5. The Hall–Kier alpha value is -2.12. The number of nitrogens with one attached hydrogen (secondary N) is 1. The molecule has 1 aliphatic rings. The van der Waals surface area contributed by atoms with Crippen LogP contribution in [-0.2, 0) is 10.5 Å². The number of methoxy groups -OCH3 is 2. The molecule has 0 fully saturated rings. The number of carbonyl (C=O) groups excluding carboxylic acids is 1. The minimum absolute atomic E-state index is 0.0903. The molecule has 0 unspecified atom stereocenters. The number of para-hydroxylation sites is 1. The lowest BCUT2D eigenvalue weighted by Gasteiger charge is -2.17. The summed E-state index contributed by atoms with van der Waals surface area (Å²) in [5.41, 5.74) is 2.85. The number of thioether (sulfide) groups is 2. The van der Waals surface area contributed by atoms with E-state index in [2.05, 4.69) is 16.4 Å². The predicted molar refractivity (Wildman–Crippen MR) is 110 cm³/mol. The number of fused-ring (bicyclic) bond motifs is 1. The second kappa shape index (κ2) is 8.51. The molecule has 26 heavy (non-hydrogen) atoms. The first kappa shape index (κ1) is 18.7. The maximum Gasteiger partial charge on any atom is 0.237 e. The fourth-order valence-electron chi connectivity index (χ4n) is 2.40. The van der Waals surface area contributed by atoms with Crippen molar-refractivity contribution in [3.8, 4) is 11.5 Å². The molecular formula is C19H20N2O3S2. The van der Waals surface area contributed by atoms with Gasteiger partial charge in [-0.3, -0.25) is 4.79 Å². The molecule has 0 saturated heterocycles. The van der Waals surface area contributed by atoms with Crippen LogP contribution in [0, 0.1) is 0 Å². The van der Waals surface area contributed by atoms with Crippen molar-refractivity contribution >= 4 is 45.2 Å². The van der Waals surface area contributed by atoms with Gasteiger partial charge in [-0.2, -0.15) is 0 Å². The molecule has 0 spiro atoms. The highest BCUT2D eigenvalue weighted by atomic mass is 32.2. The maximum atomic E-state index is 12.6. The lowest BCUT2D eigenvalue weighted by Crippen LogP contribution is -2.23. The van der Waals surface area contributed by atoms with Crippen LogP contribution in [0.5, 0.6) is 11.5 Å². The first-order chi connectivity index (χ1) is 12.6. The van der Waals surface area contributed by atoms with Crippen LogP contribution in [0.15, 0.2) is 47.5 Å². The highest BCUT2D eigenvalue weighted by Crippen LogP contribution is 2.36. The van der Waals surface area contributed by atoms with Gasteiger partial charge in [0.1, 0.15) is 15.9 Å². The molecule has 5 nitrogen and oxygen atoms in total. The third-order valence-electron chi connectivity index (χ3n) is 3.82. The summed E-state index contributed by atoms with van der Waals surface area (Å²) < 4.78 is 11.4. The number of hydrogen-bond acceptors (Lipinski definition) is 6. The van der Waals surface area contributed by atoms with Crippen molar-refractivity contribution in [1.29, 1.82) is 0 Å². The molecule has 1 heterocycles. The zero-order chi connectivity index (χ0) is 18.5. The molecule has 1 atom stereocenters. The fraction of sp³-hybridized carbons (Fsp3) is 0.263. The van der Waals surface area contributed by atoms with E-state index in [1.165, 1.54) is 17.3 Å². The number of amides is 1. The van der Waals surface area contributed by atoms with Crippen molar-refractivity contribution in [3.63, 3.8) is 0 Å². The highest BCUT2D eigenvalue weighted by Gasteiger charge is 2.20. The monoisotopic (exact) mass is 388 g/mol. The summed E-state index contributed by atoms with van der Waals surface area (Å²) >= 11 is 3.13. The minimum atomic E-state index is -0.274. The normalized spacial score (nSPS) is 14.0. The van der Waals surface area contributed by atoms with Gasteiger partial charge in [0.15, 0.2) is 0 Å². The van der Waals surface area contributed by atoms with Crippen molar-refractivity contribution in [1.82, 2.24) is 0 Å². The first-order valence-electron chi connectivity index (χ1n) is 8.09. The number of carbonyl (C=O) groups is 1. The van der Waals surface area contributed by atoms with Gasteiger partial charge in [-0.15, -0.1) is 0 Å². The summed E-state index contributed by atoms with van der Waals surface area (Å²) in [6.45, 7) is 1.88. The molecule has 2 aromatic carbocycles. The quantitative estimate of drug-likeness (QED) is 0.805. The van der Waals surface area contributed by atoms with E-state index in [1.54, 1.807) is 44.2 Å².